The maximum Gasteiger partial charge on any atom is 0.276 e. The van der Waals surface area contributed by atoms with Crippen molar-refractivity contribution in [1.82, 2.24) is 24.8 Å². The molecule has 2 aliphatic rings. The number of piperidine rings is 1. The molecule has 0 spiro atoms. The molecule has 2 fully saturated rings. The molecule has 1 atom stereocenters. The number of ether oxygens (including phenoxy) is 1. The number of carbonyl (C=O) groups excluding carboxylic acids is 2. The van der Waals surface area contributed by atoms with Gasteiger partial charge in [0.15, 0.2) is 5.69 Å². The van der Waals surface area contributed by atoms with Gasteiger partial charge in [0, 0.05) is 31.7 Å². The van der Waals surface area contributed by atoms with Gasteiger partial charge in [-0.3, -0.25) is 9.59 Å². The van der Waals surface area contributed by atoms with E-state index in [9.17, 15) is 14.0 Å². The first-order valence-corrected chi connectivity index (χ1v) is 9.91. The van der Waals surface area contributed by atoms with Crippen molar-refractivity contribution in [3.8, 4) is 0 Å². The number of rotatable bonds is 4. The Morgan fingerprint density at radius 3 is 2.72 bits per heavy atom. The zero-order chi connectivity index (χ0) is 20.2. The second kappa shape index (κ2) is 8.69. The molecule has 2 aliphatic heterocycles. The van der Waals surface area contributed by atoms with E-state index in [-0.39, 0.29) is 35.8 Å². The Kier molecular flexibility index (Phi) is 5.84. The number of nitrogens with zero attached hydrogens (tertiary/aromatic N) is 5. The molecule has 2 aromatic rings. The first-order chi connectivity index (χ1) is 14.1. The highest BCUT2D eigenvalue weighted by molar-refractivity contribution is 5.92. The van der Waals surface area contributed by atoms with Crippen molar-refractivity contribution in [3.63, 3.8) is 0 Å². The summed E-state index contributed by atoms with van der Waals surface area (Å²) in [7, 11) is 0. The van der Waals surface area contributed by atoms with Gasteiger partial charge in [-0.25, -0.2) is 9.07 Å². The summed E-state index contributed by atoms with van der Waals surface area (Å²) in [6, 6.07) is 6.43. The van der Waals surface area contributed by atoms with Gasteiger partial charge in [0.25, 0.3) is 5.91 Å². The van der Waals surface area contributed by atoms with Crippen LogP contribution in [0.3, 0.4) is 0 Å². The molecule has 0 bridgehead atoms. The van der Waals surface area contributed by atoms with Crippen LogP contribution in [0.2, 0.25) is 0 Å². The first kappa shape index (κ1) is 19.5. The third-order valence-corrected chi connectivity index (χ3v) is 5.43. The van der Waals surface area contributed by atoms with Crippen molar-refractivity contribution >= 4 is 11.8 Å². The Labute approximate surface area is 168 Å². The Bertz CT molecular complexity index is 881. The van der Waals surface area contributed by atoms with Gasteiger partial charge < -0.3 is 14.5 Å². The zero-order valence-corrected chi connectivity index (χ0v) is 16.2. The SMILES string of the molecule is O=C(c1cn(Cc2ccccc2F)nn1)N1CCCC(C(=O)N2CCOCC2)C1. The lowest BCUT2D eigenvalue weighted by Crippen LogP contribution is -2.49. The fourth-order valence-corrected chi connectivity index (χ4v) is 3.84. The van der Waals surface area contributed by atoms with E-state index in [4.69, 9.17) is 4.74 Å². The summed E-state index contributed by atoms with van der Waals surface area (Å²) >= 11 is 0. The smallest absolute Gasteiger partial charge is 0.276 e. The molecule has 8 nitrogen and oxygen atoms in total. The zero-order valence-electron chi connectivity index (χ0n) is 16.2. The predicted molar refractivity (Wildman–Crippen MR) is 102 cm³/mol. The van der Waals surface area contributed by atoms with Crippen molar-refractivity contribution in [3.05, 3.63) is 47.5 Å². The van der Waals surface area contributed by atoms with Crippen LogP contribution < -0.4 is 0 Å². The summed E-state index contributed by atoms with van der Waals surface area (Å²) in [6.45, 7) is 3.51. The molecular weight excluding hydrogens is 377 g/mol. The van der Waals surface area contributed by atoms with Gasteiger partial charge in [0.2, 0.25) is 5.91 Å². The molecule has 9 heteroatoms. The van der Waals surface area contributed by atoms with Crippen LogP contribution in [0.15, 0.2) is 30.5 Å². The second-order valence-corrected chi connectivity index (χ2v) is 7.42. The van der Waals surface area contributed by atoms with Gasteiger partial charge >= 0.3 is 0 Å². The summed E-state index contributed by atoms with van der Waals surface area (Å²) < 4.78 is 20.6. The number of carbonyl (C=O) groups is 2. The lowest BCUT2D eigenvalue weighted by Gasteiger charge is -2.35. The van der Waals surface area contributed by atoms with Crippen molar-refractivity contribution < 1.29 is 18.7 Å². The summed E-state index contributed by atoms with van der Waals surface area (Å²) in [4.78, 5) is 29.1. The molecular formula is C20H24FN5O3. The van der Waals surface area contributed by atoms with Crippen LogP contribution in [0, 0.1) is 11.7 Å². The van der Waals surface area contributed by atoms with Crippen LogP contribution in [0.25, 0.3) is 0 Å². The summed E-state index contributed by atoms with van der Waals surface area (Å²) in [5.74, 6) is -0.672. The van der Waals surface area contributed by atoms with E-state index in [0.29, 0.717) is 45.0 Å². The number of morpholine rings is 1. The Hall–Kier alpha value is -2.81. The van der Waals surface area contributed by atoms with Crippen LogP contribution >= 0.6 is 0 Å². The second-order valence-electron chi connectivity index (χ2n) is 7.42. The molecule has 1 aromatic carbocycles. The monoisotopic (exact) mass is 401 g/mol. The number of amides is 2. The summed E-state index contributed by atoms with van der Waals surface area (Å²) in [5.41, 5.74) is 0.686. The van der Waals surface area contributed by atoms with Crippen LogP contribution in [0.1, 0.15) is 28.9 Å². The average molecular weight is 401 g/mol. The number of hydrogen-bond acceptors (Lipinski definition) is 5. The Morgan fingerprint density at radius 1 is 1.14 bits per heavy atom. The fraction of sp³-hybridized carbons (Fsp3) is 0.500. The number of likely N-dealkylation sites (tertiary alicyclic amines) is 1. The molecule has 0 aliphatic carbocycles. The lowest BCUT2D eigenvalue weighted by atomic mass is 9.96. The van der Waals surface area contributed by atoms with E-state index >= 15 is 0 Å². The van der Waals surface area contributed by atoms with E-state index in [0.717, 1.165) is 12.8 Å². The van der Waals surface area contributed by atoms with E-state index in [1.807, 2.05) is 4.90 Å². The molecule has 3 heterocycles. The lowest BCUT2D eigenvalue weighted by molar-refractivity contribution is -0.141. The number of halogens is 1. The van der Waals surface area contributed by atoms with Gasteiger partial charge in [-0.05, 0) is 18.9 Å². The van der Waals surface area contributed by atoms with Gasteiger partial charge in [0.05, 0.1) is 31.9 Å². The quantitative estimate of drug-likeness (QED) is 0.769. The van der Waals surface area contributed by atoms with E-state index < -0.39 is 0 Å². The van der Waals surface area contributed by atoms with Crippen LogP contribution in [0.4, 0.5) is 4.39 Å². The minimum absolute atomic E-state index is 0.0917. The van der Waals surface area contributed by atoms with Crippen molar-refractivity contribution in [2.45, 2.75) is 19.4 Å². The van der Waals surface area contributed by atoms with E-state index in [1.165, 1.54) is 16.9 Å². The summed E-state index contributed by atoms with van der Waals surface area (Å²) in [5, 5.41) is 7.92. The standard InChI is InChI=1S/C20H24FN5O3/c21-17-6-2-1-4-15(17)13-26-14-18(22-23-26)20(28)25-7-3-5-16(12-25)19(27)24-8-10-29-11-9-24/h1-2,4,6,14,16H,3,5,7-13H2. The highest BCUT2D eigenvalue weighted by Gasteiger charge is 2.32. The molecule has 0 radical (unpaired) electrons. The van der Waals surface area contributed by atoms with Crippen LogP contribution in [0.5, 0.6) is 0 Å². The highest BCUT2D eigenvalue weighted by atomic mass is 19.1. The average Bonchev–Trinajstić information content (AvgIpc) is 3.23. The largest absolute Gasteiger partial charge is 0.378 e. The normalized spacial score (nSPS) is 20.0. The van der Waals surface area contributed by atoms with Crippen molar-refractivity contribution in [2.75, 3.05) is 39.4 Å². The fourth-order valence-electron chi connectivity index (χ4n) is 3.84. The maximum atomic E-state index is 13.8. The number of aromatic nitrogens is 3. The molecule has 1 aromatic heterocycles. The summed E-state index contributed by atoms with van der Waals surface area (Å²) in [6.07, 6.45) is 3.08. The number of hydrogen-bond donors (Lipinski definition) is 0. The van der Waals surface area contributed by atoms with E-state index in [2.05, 4.69) is 10.3 Å². The van der Waals surface area contributed by atoms with Gasteiger partial charge in [-0.2, -0.15) is 0 Å². The first-order valence-electron chi connectivity index (χ1n) is 9.91. The van der Waals surface area contributed by atoms with Crippen LogP contribution in [-0.4, -0.2) is 76.0 Å². The molecule has 1 unspecified atom stereocenters. The van der Waals surface area contributed by atoms with Gasteiger partial charge in [0.1, 0.15) is 5.82 Å². The molecule has 2 amide bonds. The molecule has 154 valence electrons. The van der Waals surface area contributed by atoms with Crippen molar-refractivity contribution in [1.29, 1.82) is 0 Å². The van der Waals surface area contributed by atoms with Gasteiger partial charge in [-0.1, -0.05) is 23.4 Å². The maximum absolute atomic E-state index is 13.8. The molecule has 4 rings (SSSR count). The number of benzene rings is 1. The molecule has 2 saturated heterocycles. The molecule has 29 heavy (non-hydrogen) atoms. The van der Waals surface area contributed by atoms with Crippen LogP contribution in [-0.2, 0) is 16.1 Å². The Morgan fingerprint density at radius 2 is 1.93 bits per heavy atom. The third kappa shape index (κ3) is 4.45. The molecule has 0 saturated carbocycles. The third-order valence-electron chi connectivity index (χ3n) is 5.43. The van der Waals surface area contributed by atoms with Gasteiger partial charge in [-0.15, -0.1) is 5.10 Å². The topological polar surface area (TPSA) is 80.6 Å². The Balaban J connectivity index is 1.39. The highest BCUT2D eigenvalue weighted by Crippen LogP contribution is 2.21. The minimum Gasteiger partial charge on any atom is -0.378 e. The van der Waals surface area contributed by atoms with E-state index in [1.54, 1.807) is 23.1 Å². The predicted octanol–water partition coefficient (Wildman–Crippen LogP) is 1.18. The molecule has 0 N–H and O–H groups in total. The van der Waals surface area contributed by atoms with Crippen molar-refractivity contribution in [2.24, 2.45) is 5.92 Å². The minimum atomic E-state index is -0.323.